The lowest BCUT2D eigenvalue weighted by Crippen LogP contribution is -2.34. The summed E-state index contributed by atoms with van der Waals surface area (Å²) < 4.78 is 0. The Labute approximate surface area is 173 Å². The first kappa shape index (κ1) is 21.0. The van der Waals surface area contributed by atoms with Crippen molar-refractivity contribution in [2.24, 2.45) is 0 Å². The van der Waals surface area contributed by atoms with E-state index in [0.29, 0.717) is 25.3 Å². The van der Waals surface area contributed by atoms with Crippen molar-refractivity contribution < 1.29 is 9.59 Å². The minimum Gasteiger partial charge on any atom is -0.333 e. The van der Waals surface area contributed by atoms with Gasteiger partial charge in [-0.2, -0.15) is 0 Å². The molecule has 0 spiro atoms. The molecular weight excluding hydrogens is 364 g/mol. The Morgan fingerprint density at radius 1 is 0.897 bits per heavy atom. The molecule has 1 aliphatic rings. The molecule has 6 heteroatoms. The number of benzene rings is 1. The molecule has 0 N–H and O–H groups in total. The third kappa shape index (κ3) is 5.62. The van der Waals surface area contributed by atoms with Gasteiger partial charge in [-0.1, -0.05) is 43.9 Å². The summed E-state index contributed by atoms with van der Waals surface area (Å²) in [6.07, 6.45) is 9.66. The van der Waals surface area contributed by atoms with Gasteiger partial charge in [-0.3, -0.25) is 14.6 Å². The lowest BCUT2D eigenvalue weighted by atomic mass is 10.1. The number of aryl methyl sites for hydroxylation is 1. The summed E-state index contributed by atoms with van der Waals surface area (Å²) in [5, 5.41) is 0. The first-order chi connectivity index (χ1) is 14.1. The van der Waals surface area contributed by atoms with Crippen molar-refractivity contribution in [1.82, 2.24) is 14.9 Å². The molecule has 1 aromatic heterocycles. The zero-order valence-corrected chi connectivity index (χ0v) is 17.4. The predicted molar refractivity (Wildman–Crippen MR) is 114 cm³/mol. The van der Waals surface area contributed by atoms with E-state index < -0.39 is 0 Å². The van der Waals surface area contributed by atoms with Crippen LogP contribution in [0.4, 0.5) is 5.69 Å². The van der Waals surface area contributed by atoms with E-state index in [0.717, 1.165) is 55.5 Å². The Hall–Kier alpha value is -2.76. The van der Waals surface area contributed by atoms with Gasteiger partial charge in [0.15, 0.2) is 0 Å². The van der Waals surface area contributed by atoms with Crippen LogP contribution < -0.4 is 4.90 Å². The van der Waals surface area contributed by atoms with Crippen molar-refractivity contribution in [1.29, 1.82) is 0 Å². The van der Waals surface area contributed by atoms with Crippen LogP contribution in [-0.4, -0.2) is 39.8 Å². The SMILES string of the molecule is CC(=O)N1CCCCCCCCN(C(=O)c2cnc(C)cn2)Cc2ccccc21. The zero-order valence-electron chi connectivity index (χ0n) is 17.4. The van der Waals surface area contributed by atoms with E-state index in [2.05, 4.69) is 9.97 Å². The molecule has 0 atom stereocenters. The van der Waals surface area contributed by atoms with Gasteiger partial charge in [0.25, 0.3) is 5.91 Å². The summed E-state index contributed by atoms with van der Waals surface area (Å²) in [4.78, 5) is 37.7. The average Bonchev–Trinajstić information content (AvgIpc) is 2.73. The molecule has 0 bridgehead atoms. The second-order valence-electron chi connectivity index (χ2n) is 7.69. The third-order valence-electron chi connectivity index (χ3n) is 5.37. The lowest BCUT2D eigenvalue weighted by Gasteiger charge is -2.27. The van der Waals surface area contributed by atoms with E-state index >= 15 is 0 Å². The van der Waals surface area contributed by atoms with E-state index in [1.807, 2.05) is 41.0 Å². The second-order valence-corrected chi connectivity index (χ2v) is 7.69. The van der Waals surface area contributed by atoms with E-state index in [9.17, 15) is 9.59 Å². The molecule has 0 radical (unpaired) electrons. The number of anilines is 1. The molecule has 1 aromatic carbocycles. The monoisotopic (exact) mass is 394 g/mol. The topological polar surface area (TPSA) is 66.4 Å². The number of rotatable bonds is 1. The molecule has 6 nitrogen and oxygen atoms in total. The Kier molecular flexibility index (Phi) is 7.33. The number of para-hydroxylation sites is 1. The first-order valence-corrected chi connectivity index (χ1v) is 10.5. The van der Waals surface area contributed by atoms with Crippen molar-refractivity contribution >= 4 is 17.5 Å². The van der Waals surface area contributed by atoms with E-state index in [1.54, 1.807) is 19.3 Å². The van der Waals surface area contributed by atoms with Crippen LogP contribution in [0.3, 0.4) is 0 Å². The van der Waals surface area contributed by atoms with Crippen LogP contribution in [0.15, 0.2) is 36.7 Å². The fourth-order valence-corrected chi connectivity index (χ4v) is 3.76. The van der Waals surface area contributed by atoms with E-state index in [-0.39, 0.29) is 11.8 Å². The number of amides is 2. The molecule has 2 heterocycles. The van der Waals surface area contributed by atoms with Crippen LogP contribution in [0.1, 0.15) is 67.2 Å². The second kappa shape index (κ2) is 10.1. The molecule has 0 fully saturated rings. The highest BCUT2D eigenvalue weighted by Gasteiger charge is 2.21. The molecular formula is C23H30N4O2. The van der Waals surface area contributed by atoms with Gasteiger partial charge < -0.3 is 9.80 Å². The van der Waals surface area contributed by atoms with Gasteiger partial charge in [0.2, 0.25) is 5.91 Å². The van der Waals surface area contributed by atoms with E-state index in [4.69, 9.17) is 0 Å². The summed E-state index contributed by atoms with van der Waals surface area (Å²) in [7, 11) is 0. The largest absolute Gasteiger partial charge is 0.333 e. The molecule has 3 rings (SSSR count). The van der Waals surface area contributed by atoms with Crippen LogP contribution in [0.2, 0.25) is 0 Å². The van der Waals surface area contributed by atoms with Crippen molar-refractivity contribution in [3.05, 3.63) is 53.6 Å². The van der Waals surface area contributed by atoms with Gasteiger partial charge in [-0.05, 0) is 31.4 Å². The number of aromatic nitrogens is 2. The fourth-order valence-electron chi connectivity index (χ4n) is 3.76. The summed E-state index contributed by atoms with van der Waals surface area (Å²) in [6, 6.07) is 7.89. The maximum atomic E-state index is 13.2. The number of carbonyl (C=O) groups excluding carboxylic acids is 2. The normalized spacial score (nSPS) is 16.2. The molecule has 0 saturated carbocycles. The average molecular weight is 395 g/mol. The Bertz CT molecular complexity index is 835. The standard InChI is InChI=1S/C23H30N4O2/c1-18-15-25-21(16-24-18)23(29)26-13-9-5-3-4-6-10-14-27(19(2)28)22-12-8-7-11-20(22)17-26/h7-8,11-12,15-16H,3-6,9-10,13-14,17H2,1-2H3. The number of hydrogen-bond acceptors (Lipinski definition) is 4. The molecule has 29 heavy (non-hydrogen) atoms. The maximum absolute atomic E-state index is 13.2. The quantitative estimate of drug-likeness (QED) is 0.729. The Morgan fingerprint density at radius 3 is 2.28 bits per heavy atom. The fraction of sp³-hybridized carbons (Fsp3) is 0.478. The maximum Gasteiger partial charge on any atom is 0.274 e. The highest BCUT2D eigenvalue weighted by molar-refractivity contribution is 5.93. The number of hydrogen-bond donors (Lipinski definition) is 0. The highest BCUT2D eigenvalue weighted by Crippen LogP contribution is 2.24. The molecule has 1 aliphatic heterocycles. The minimum atomic E-state index is -0.114. The number of carbonyl (C=O) groups is 2. The van der Waals surface area contributed by atoms with Crippen molar-refractivity contribution in [3.63, 3.8) is 0 Å². The predicted octanol–water partition coefficient (Wildman–Crippen LogP) is 4.13. The van der Waals surface area contributed by atoms with Crippen LogP contribution in [0.25, 0.3) is 0 Å². The van der Waals surface area contributed by atoms with Gasteiger partial charge in [-0.15, -0.1) is 0 Å². The number of nitrogens with zero attached hydrogens (tertiary/aromatic N) is 4. The van der Waals surface area contributed by atoms with Crippen LogP contribution in [0.5, 0.6) is 0 Å². The Morgan fingerprint density at radius 2 is 1.59 bits per heavy atom. The molecule has 0 unspecified atom stereocenters. The summed E-state index contributed by atoms with van der Waals surface area (Å²) >= 11 is 0. The van der Waals surface area contributed by atoms with E-state index in [1.165, 1.54) is 0 Å². The van der Waals surface area contributed by atoms with Gasteiger partial charge in [0, 0.05) is 38.4 Å². The molecule has 0 saturated heterocycles. The summed E-state index contributed by atoms with van der Waals surface area (Å²) in [6.45, 7) is 5.30. The first-order valence-electron chi connectivity index (χ1n) is 10.5. The van der Waals surface area contributed by atoms with Gasteiger partial charge >= 0.3 is 0 Å². The molecule has 0 aliphatic carbocycles. The summed E-state index contributed by atoms with van der Waals surface area (Å²) in [5.74, 6) is -0.0776. The van der Waals surface area contributed by atoms with Gasteiger partial charge in [-0.25, -0.2) is 4.98 Å². The molecule has 2 amide bonds. The van der Waals surface area contributed by atoms with Crippen molar-refractivity contribution in [2.45, 2.75) is 58.9 Å². The van der Waals surface area contributed by atoms with Crippen LogP contribution in [-0.2, 0) is 11.3 Å². The number of fused-ring (bicyclic) bond motifs is 1. The van der Waals surface area contributed by atoms with Crippen LogP contribution >= 0.6 is 0 Å². The van der Waals surface area contributed by atoms with Crippen molar-refractivity contribution in [3.8, 4) is 0 Å². The highest BCUT2D eigenvalue weighted by atomic mass is 16.2. The molecule has 2 aromatic rings. The Balaban J connectivity index is 1.92. The third-order valence-corrected chi connectivity index (χ3v) is 5.37. The summed E-state index contributed by atoms with van der Waals surface area (Å²) in [5.41, 5.74) is 3.03. The van der Waals surface area contributed by atoms with Gasteiger partial charge in [0.05, 0.1) is 11.9 Å². The lowest BCUT2D eigenvalue weighted by molar-refractivity contribution is -0.116. The van der Waals surface area contributed by atoms with Crippen LogP contribution in [0, 0.1) is 6.92 Å². The smallest absolute Gasteiger partial charge is 0.274 e. The van der Waals surface area contributed by atoms with Gasteiger partial charge in [0.1, 0.15) is 5.69 Å². The zero-order chi connectivity index (χ0) is 20.6. The minimum absolute atomic E-state index is 0.0367. The molecule has 154 valence electrons. The van der Waals surface area contributed by atoms with Crippen molar-refractivity contribution in [2.75, 3.05) is 18.0 Å².